The van der Waals surface area contributed by atoms with E-state index in [2.05, 4.69) is 10.3 Å². The minimum Gasteiger partial charge on any atom is -0.344 e. The Labute approximate surface area is 162 Å². The predicted octanol–water partition coefficient (Wildman–Crippen LogP) is 2.79. The van der Waals surface area contributed by atoms with Crippen LogP contribution in [0.15, 0.2) is 73.1 Å². The van der Waals surface area contributed by atoms with Crippen molar-refractivity contribution in [3.63, 3.8) is 0 Å². The lowest BCUT2D eigenvalue weighted by atomic mass is 9.74. The van der Waals surface area contributed by atoms with Crippen molar-refractivity contribution in [2.75, 3.05) is 0 Å². The maximum absolute atomic E-state index is 13.5. The Bertz CT molecular complexity index is 1030. The van der Waals surface area contributed by atoms with Gasteiger partial charge in [0.25, 0.3) is 5.91 Å². The molecule has 2 aromatic carbocycles. The summed E-state index contributed by atoms with van der Waals surface area (Å²) in [6, 6.07) is 17.4. The van der Waals surface area contributed by atoms with E-state index >= 15 is 0 Å². The lowest BCUT2D eigenvalue weighted by Crippen LogP contribution is -2.52. The number of hydrogen-bond acceptors (Lipinski definition) is 4. The Balaban J connectivity index is 1.91. The SMILES string of the molecule is CC(=O)N[C@@H]1C(=O)n2ccnc2[C@@H](C(=O)c2ccccc2)[C@H]1c1ccccc1. The molecule has 0 fully saturated rings. The van der Waals surface area contributed by atoms with Crippen molar-refractivity contribution in [1.29, 1.82) is 0 Å². The number of Topliss-reactive ketones (excluding diaryl/α,β-unsaturated/α-hetero) is 1. The van der Waals surface area contributed by atoms with E-state index in [9.17, 15) is 14.4 Å². The first-order valence-corrected chi connectivity index (χ1v) is 9.06. The Morgan fingerprint density at radius 3 is 2.29 bits per heavy atom. The molecule has 6 heteroatoms. The van der Waals surface area contributed by atoms with Crippen molar-refractivity contribution >= 4 is 17.6 Å². The van der Waals surface area contributed by atoms with Gasteiger partial charge in [-0.25, -0.2) is 4.98 Å². The second kappa shape index (κ2) is 7.23. The number of imidazole rings is 1. The van der Waals surface area contributed by atoms with Gasteiger partial charge in [-0.2, -0.15) is 0 Å². The highest BCUT2D eigenvalue weighted by atomic mass is 16.2. The largest absolute Gasteiger partial charge is 0.344 e. The third-order valence-corrected chi connectivity index (χ3v) is 5.05. The maximum Gasteiger partial charge on any atom is 0.255 e. The lowest BCUT2D eigenvalue weighted by Gasteiger charge is -2.37. The number of aromatic nitrogens is 2. The van der Waals surface area contributed by atoms with Crippen LogP contribution in [0.2, 0.25) is 0 Å². The van der Waals surface area contributed by atoms with E-state index in [4.69, 9.17) is 0 Å². The molecule has 4 rings (SSSR count). The standard InChI is InChI=1S/C22H19N3O3/c1-14(26)24-19-17(15-8-4-2-5-9-15)18(20(27)16-10-6-3-7-11-16)21-23-12-13-25(21)22(19)28/h2-13,17-19H,1H3,(H,24,26)/t17-,18-,19+/m1/s1. The van der Waals surface area contributed by atoms with Crippen LogP contribution in [0.25, 0.3) is 0 Å². The Kier molecular flexibility index (Phi) is 4.61. The summed E-state index contributed by atoms with van der Waals surface area (Å²) in [6.45, 7) is 1.37. The highest BCUT2D eigenvalue weighted by molar-refractivity contribution is 6.04. The van der Waals surface area contributed by atoms with Crippen molar-refractivity contribution in [1.82, 2.24) is 14.9 Å². The molecule has 1 N–H and O–H groups in total. The zero-order valence-corrected chi connectivity index (χ0v) is 15.3. The first kappa shape index (κ1) is 17.9. The van der Waals surface area contributed by atoms with Gasteiger partial charge in [0.1, 0.15) is 11.9 Å². The molecule has 0 saturated heterocycles. The van der Waals surface area contributed by atoms with Crippen LogP contribution in [0, 0.1) is 0 Å². The van der Waals surface area contributed by atoms with Crippen LogP contribution in [-0.2, 0) is 4.79 Å². The molecule has 0 saturated carbocycles. The van der Waals surface area contributed by atoms with Gasteiger partial charge in [-0.15, -0.1) is 0 Å². The fourth-order valence-electron chi connectivity index (χ4n) is 3.88. The second-order valence-corrected chi connectivity index (χ2v) is 6.82. The number of benzene rings is 2. The van der Waals surface area contributed by atoms with Crippen LogP contribution in [0.3, 0.4) is 0 Å². The Morgan fingerprint density at radius 2 is 1.64 bits per heavy atom. The number of nitrogens with zero attached hydrogens (tertiary/aromatic N) is 2. The summed E-state index contributed by atoms with van der Waals surface area (Å²) in [5.74, 6) is -1.61. The summed E-state index contributed by atoms with van der Waals surface area (Å²) in [5.41, 5.74) is 1.34. The van der Waals surface area contributed by atoms with Crippen molar-refractivity contribution in [3.8, 4) is 0 Å². The number of carbonyl (C=O) groups is 3. The molecule has 3 aromatic rings. The van der Waals surface area contributed by atoms with Gasteiger partial charge in [0, 0.05) is 30.8 Å². The topological polar surface area (TPSA) is 81.1 Å². The average Bonchev–Trinajstić information content (AvgIpc) is 3.20. The molecule has 1 aliphatic heterocycles. The van der Waals surface area contributed by atoms with E-state index in [0.29, 0.717) is 11.4 Å². The van der Waals surface area contributed by atoms with E-state index in [1.54, 1.807) is 30.5 Å². The molecule has 0 aliphatic carbocycles. The summed E-state index contributed by atoms with van der Waals surface area (Å²) in [4.78, 5) is 42.8. The smallest absolute Gasteiger partial charge is 0.255 e. The zero-order valence-electron chi connectivity index (χ0n) is 15.3. The first-order valence-electron chi connectivity index (χ1n) is 9.06. The predicted molar refractivity (Wildman–Crippen MR) is 103 cm³/mol. The van der Waals surface area contributed by atoms with Gasteiger partial charge in [0.2, 0.25) is 5.91 Å². The molecule has 3 atom stereocenters. The van der Waals surface area contributed by atoms with Gasteiger partial charge in [-0.05, 0) is 5.56 Å². The average molecular weight is 373 g/mol. The molecule has 2 heterocycles. The van der Waals surface area contributed by atoms with Gasteiger partial charge in [-0.3, -0.25) is 19.0 Å². The van der Waals surface area contributed by atoms with Crippen LogP contribution >= 0.6 is 0 Å². The highest BCUT2D eigenvalue weighted by Crippen LogP contribution is 2.41. The lowest BCUT2D eigenvalue weighted by molar-refractivity contribution is -0.119. The van der Waals surface area contributed by atoms with Gasteiger partial charge in [0.15, 0.2) is 5.78 Å². The number of fused-ring (bicyclic) bond motifs is 1. The zero-order chi connectivity index (χ0) is 19.7. The fraction of sp³-hybridized carbons (Fsp3) is 0.182. The third kappa shape index (κ3) is 3.03. The molecule has 6 nitrogen and oxygen atoms in total. The number of ketones is 1. The van der Waals surface area contributed by atoms with E-state index < -0.39 is 17.9 Å². The van der Waals surface area contributed by atoms with E-state index in [-0.39, 0.29) is 17.6 Å². The summed E-state index contributed by atoms with van der Waals surface area (Å²) in [6.07, 6.45) is 3.05. The molecule has 1 amide bonds. The molecule has 0 spiro atoms. The fourth-order valence-corrected chi connectivity index (χ4v) is 3.88. The van der Waals surface area contributed by atoms with Crippen LogP contribution in [-0.4, -0.2) is 33.2 Å². The first-order chi connectivity index (χ1) is 13.6. The van der Waals surface area contributed by atoms with Gasteiger partial charge < -0.3 is 5.32 Å². The monoisotopic (exact) mass is 373 g/mol. The molecule has 140 valence electrons. The van der Waals surface area contributed by atoms with Gasteiger partial charge >= 0.3 is 0 Å². The molecular weight excluding hydrogens is 354 g/mol. The van der Waals surface area contributed by atoms with Crippen LogP contribution < -0.4 is 5.32 Å². The Morgan fingerprint density at radius 1 is 1.00 bits per heavy atom. The molecule has 1 aliphatic rings. The number of carbonyl (C=O) groups excluding carboxylic acids is 3. The van der Waals surface area contributed by atoms with Gasteiger partial charge in [-0.1, -0.05) is 60.7 Å². The van der Waals surface area contributed by atoms with Crippen molar-refractivity contribution in [2.45, 2.75) is 24.8 Å². The number of hydrogen-bond donors (Lipinski definition) is 1. The third-order valence-electron chi connectivity index (χ3n) is 5.05. The minimum absolute atomic E-state index is 0.134. The molecule has 0 unspecified atom stereocenters. The van der Waals surface area contributed by atoms with E-state index in [1.807, 2.05) is 36.4 Å². The summed E-state index contributed by atoms with van der Waals surface area (Å²) in [7, 11) is 0. The van der Waals surface area contributed by atoms with Crippen molar-refractivity contribution in [3.05, 3.63) is 90.0 Å². The molecule has 0 bridgehead atoms. The van der Waals surface area contributed by atoms with Crippen LogP contribution in [0.4, 0.5) is 0 Å². The number of amides is 1. The van der Waals surface area contributed by atoms with Crippen LogP contribution in [0.5, 0.6) is 0 Å². The quantitative estimate of drug-likeness (QED) is 0.713. The second-order valence-electron chi connectivity index (χ2n) is 6.82. The molecule has 28 heavy (non-hydrogen) atoms. The Hall–Kier alpha value is -3.54. The minimum atomic E-state index is -0.862. The van der Waals surface area contributed by atoms with Crippen LogP contribution in [0.1, 0.15) is 45.3 Å². The highest BCUT2D eigenvalue weighted by Gasteiger charge is 2.47. The van der Waals surface area contributed by atoms with E-state index in [1.165, 1.54) is 17.7 Å². The molecular formula is C22H19N3O3. The summed E-state index contributed by atoms with van der Waals surface area (Å²) in [5, 5.41) is 2.76. The van der Waals surface area contributed by atoms with Gasteiger partial charge in [0.05, 0.1) is 5.92 Å². The normalized spacial score (nSPS) is 21.0. The maximum atomic E-state index is 13.5. The molecule has 0 radical (unpaired) electrons. The van der Waals surface area contributed by atoms with Crippen molar-refractivity contribution in [2.24, 2.45) is 0 Å². The van der Waals surface area contributed by atoms with Crippen molar-refractivity contribution < 1.29 is 14.4 Å². The van der Waals surface area contributed by atoms with E-state index in [0.717, 1.165) is 5.56 Å². The molecule has 1 aromatic heterocycles. The summed E-state index contributed by atoms with van der Waals surface area (Å²) < 4.78 is 1.38. The number of nitrogens with one attached hydrogen (secondary N) is 1. The summed E-state index contributed by atoms with van der Waals surface area (Å²) >= 11 is 0. The number of rotatable bonds is 4.